The largest absolute Gasteiger partial charge is 0.381 e. The average molecular weight is 320 g/mol. The number of aliphatic hydroxyl groups excluding tert-OH is 1. The number of alkyl halides is 2. The van der Waals surface area contributed by atoms with E-state index in [0.29, 0.717) is 15.2 Å². The van der Waals surface area contributed by atoms with Gasteiger partial charge in [-0.25, -0.2) is 13.8 Å². The summed E-state index contributed by atoms with van der Waals surface area (Å²) in [6.45, 7) is 0. The summed E-state index contributed by atoms with van der Waals surface area (Å²) in [5.74, 6) is 0. The standard InChI is InChI=1S/C11H8BrF2NOS/c12-8-5-17-11(15-8)9(16)6-1-3-7(4-2-6)10(13)14/h1-5,9-10,16H. The quantitative estimate of drug-likeness (QED) is 0.930. The Bertz CT molecular complexity index is 500. The maximum Gasteiger partial charge on any atom is 0.263 e. The summed E-state index contributed by atoms with van der Waals surface area (Å²) in [4.78, 5) is 4.08. The fourth-order valence-electron chi connectivity index (χ4n) is 1.36. The van der Waals surface area contributed by atoms with Crippen molar-refractivity contribution >= 4 is 27.3 Å². The molecule has 1 unspecified atom stereocenters. The smallest absolute Gasteiger partial charge is 0.263 e. The van der Waals surface area contributed by atoms with Crippen molar-refractivity contribution in [3.05, 3.63) is 50.4 Å². The Balaban J connectivity index is 2.22. The Labute approximate surface area is 109 Å². The van der Waals surface area contributed by atoms with Crippen molar-refractivity contribution in [3.63, 3.8) is 0 Å². The molecule has 1 aromatic carbocycles. The molecule has 6 heteroatoms. The summed E-state index contributed by atoms with van der Waals surface area (Å²) < 4.78 is 25.3. The van der Waals surface area contributed by atoms with E-state index in [0.717, 1.165) is 0 Å². The summed E-state index contributed by atoms with van der Waals surface area (Å²) in [7, 11) is 0. The van der Waals surface area contributed by atoms with E-state index in [-0.39, 0.29) is 5.56 Å². The number of hydrogen-bond acceptors (Lipinski definition) is 3. The molecule has 2 nitrogen and oxygen atoms in total. The summed E-state index contributed by atoms with van der Waals surface area (Å²) >= 11 is 4.50. The van der Waals surface area contributed by atoms with E-state index in [1.165, 1.54) is 35.6 Å². The van der Waals surface area contributed by atoms with Crippen LogP contribution < -0.4 is 0 Å². The molecule has 1 heterocycles. The molecule has 1 N–H and O–H groups in total. The van der Waals surface area contributed by atoms with E-state index in [1.807, 2.05) is 0 Å². The molecule has 90 valence electrons. The summed E-state index contributed by atoms with van der Waals surface area (Å²) in [5, 5.41) is 12.3. The highest BCUT2D eigenvalue weighted by atomic mass is 79.9. The highest BCUT2D eigenvalue weighted by molar-refractivity contribution is 9.10. The summed E-state index contributed by atoms with van der Waals surface area (Å²) in [6, 6.07) is 5.60. The molecular formula is C11H8BrF2NOS. The summed E-state index contributed by atoms with van der Waals surface area (Å²) in [6.07, 6.45) is -3.37. The SMILES string of the molecule is OC(c1ccc(C(F)F)cc1)c1nc(Br)cs1. The third kappa shape index (κ3) is 2.88. The van der Waals surface area contributed by atoms with E-state index in [1.54, 1.807) is 5.38 Å². The van der Waals surface area contributed by atoms with Crippen molar-refractivity contribution in [2.75, 3.05) is 0 Å². The van der Waals surface area contributed by atoms with Gasteiger partial charge in [0.2, 0.25) is 0 Å². The Morgan fingerprint density at radius 2 is 1.76 bits per heavy atom. The Morgan fingerprint density at radius 1 is 1.18 bits per heavy atom. The van der Waals surface area contributed by atoms with Gasteiger partial charge in [-0.15, -0.1) is 11.3 Å². The first-order valence-corrected chi connectivity index (χ1v) is 6.42. The molecule has 0 fully saturated rings. The van der Waals surface area contributed by atoms with Gasteiger partial charge in [0.25, 0.3) is 6.43 Å². The predicted molar refractivity (Wildman–Crippen MR) is 65.3 cm³/mol. The minimum absolute atomic E-state index is 0.0544. The van der Waals surface area contributed by atoms with E-state index < -0.39 is 12.5 Å². The molecule has 0 aliphatic heterocycles. The number of rotatable bonds is 3. The number of halogens is 3. The Hall–Kier alpha value is -0.850. The van der Waals surface area contributed by atoms with Crippen LogP contribution in [0.3, 0.4) is 0 Å². The number of aromatic nitrogens is 1. The van der Waals surface area contributed by atoms with Crippen molar-refractivity contribution in [1.82, 2.24) is 4.98 Å². The van der Waals surface area contributed by atoms with Crippen LogP contribution >= 0.6 is 27.3 Å². The second-order valence-electron chi connectivity index (χ2n) is 3.38. The first-order valence-electron chi connectivity index (χ1n) is 4.75. The molecule has 0 saturated carbocycles. The first kappa shape index (κ1) is 12.6. The highest BCUT2D eigenvalue weighted by Crippen LogP contribution is 2.28. The molecule has 0 radical (unpaired) electrons. The lowest BCUT2D eigenvalue weighted by atomic mass is 10.1. The van der Waals surface area contributed by atoms with E-state index in [2.05, 4.69) is 20.9 Å². The van der Waals surface area contributed by atoms with Gasteiger partial charge in [-0.3, -0.25) is 0 Å². The van der Waals surface area contributed by atoms with Gasteiger partial charge >= 0.3 is 0 Å². The molecule has 0 aliphatic carbocycles. The van der Waals surface area contributed by atoms with Crippen molar-refractivity contribution in [2.45, 2.75) is 12.5 Å². The zero-order valence-electron chi connectivity index (χ0n) is 8.48. The zero-order chi connectivity index (χ0) is 12.4. The minimum Gasteiger partial charge on any atom is -0.381 e. The van der Waals surface area contributed by atoms with Crippen LogP contribution in [0.1, 0.15) is 28.7 Å². The van der Waals surface area contributed by atoms with Crippen LogP contribution in [0.2, 0.25) is 0 Å². The predicted octanol–water partition coefficient (Wildman–Crippen LogP) is 3.92. The van der Waals surface area contributed by atoms with Gasteiger partial charge in [-0.1, -0.05) is 24.3 Å². The molecule has 0 bridgehead atoms. The highest BCUT2D eigenvalue weighted by Gasteiger charge is 2.15. The molecule has 2 aromatic rings. The van der Waals surface area contributed by atoms with Crippen LogP contribution in [0.5, 0.6) is 0 Å². The van der Waals surface area contributed by atoms with Crippen LogP contribution in [0.15, 0.2) is 34.2 Å². The number of hydrogen-bond donors (Lipinski definition) is 1. The minimum atomic E-state index is -2.49. The second-order valence-corrected chi connectivity index (χ2v) is 5.08. The van der Waals surface area contributed by atoms with Crippen LogP contribution in [0, 0.1) is 0 Å². The van der Waals surface area contributed by atoms with Gasteiger partial charge in [0, 0.05) is 10.9 Å². The molecule has 0 amide bonds. The fraction of sp³-hybridized carbons (Fsp3) is 0.182. The number of nitrogens with zero attached hydrogens (tertiary/aromatic N) is 1. The molecule has 1 atom stereocenters. The number of thiazole rings is 1. The average Bonchev–Trinajstić information content (AvgIpc) is 2.75. The van der Waals surface area contributed by atoms with Gasteiger partial charge in [0.1, 0.15) is 15.7 Å². The molecule has 0 saturated heterocycles. The zero-order valence-corrected chi connectivity index (χ0v) is 10.9. The normalized spacial score (nSPS) is 13.0. The number of benzene rings is 1. The van der Waals surface area contributed by atoms with Gasteiger partial charge < -0.3 is 5.11 Å². The topological polar surface area (TPSA) is 33.1 Å². The molecule has 0 aliphatic rings. The van der Waals surface area contributed by atoms with Gasteiger partial charge in [0.15, 0.2) is 0 Å². The third-order valence-electron chi connectivity index (χ3n) is 2.23. The molecule has 17 heavy (non-hydrogen) atoms. The molecule has 0 spiro atoms. The lowest BCUT2D eigenvalue weighted by Crippen LogP contribution is -1.99. The number of aliphatic hydroxyl groups is 1. The van der Waals surface area contributed by atoms with Crippen LogP contribution in [0.25, 0.3) is 0 Å². The summed E-state index contributed by atoms with van der Waals surface area (Å²) in [5.41, 5.74) is 0.498. The van der Waals surface area contributed by atoms with E-state index in [4.69, 9.17) is 0 Å². The maximum atomic E-state index is 12.3. The lowest BCUT2D eigenvalue weighted by Gasteiger charge is -2.08. The fourth-order valence-corrected chi connectivity index (χ4v) is 2.63. The first-order chi connectivity index (χ1) is 8.08. The molecule has 2 rings (SSSR count). The van der Waals surface area contributed by atoms with Crippen molar-refractivity contribution in [2.24, 2.45) is 0 Å². The van der Waals surface area contributed by atoms with Crippen LogP contribution in [-0.2, 0) is 0 Å². The molecule has 1 aromatic heterocycles. The van der Waals surface area contributed by atoms with E-state index >= 15 is 0 Å². The maximum absolute atomic E-state index is 12.3. The second kappa shape index (κ2) is 5.20. The van der Waals surface area contributed by atoms with Crippen molar-refractivity contribution in [1.29, 1.82) is 0 Å². The Kier molecular flexibility index (Phi) is 3.86. The van der Waals surface area contributed by atoms with Crippen molar-refractivity contribution in [3.8, 4) is 0 Å². The van der Waals surface area contributed by atoms with Crippen LogP contribution in [0.4, 0.5) is 8.78 Å². The monoisotopic (exact) mass is 319 g/mol. The van der Waals surface area contributed by atoms with Gasteiger partial charge in [-0.05, 0) is 21.5 Å². The van der Waals surface area contributed by atoms with Crippen LogP contribution in [-0.4, -0.2) is 10.1 Å². The third-order valence-corrected chi connectivity index (χ3v) is 3.84. The van der Waals surface area contributed by atoms with Gasteiger partial charge in [0.05, 0.1) is 0 Å². The Morgan fingerprint density at radius 3 is 2.24 bits per heavy atom. The molecular weight excluding hydrogens is 312 g/mol. The van der Waals surface area contributed by atoms with Gasteiger partial charge in [-0.2, -0.15) is 0 Å². The lowest BCUT2D eigenvalue weighted by molar-refractivity contribution is 0.151. The van der Waals surface area contributed by atoms with Crippen molar-refractivity contribution < 1.29 is 13.9 Å². The van der Waals surface area contributed by atoms with E-state index in [9.17, 15) is 13.9 Å².